The van der Waals surface area contributed by atoms with Gasteiger partial charge in [-0.15, -0.1) is 11.3 Å². The molecule has 0 bridgehead atoms. The van der Waals surface area contributed by atoms with Crippen molar-refractivity contribution in [2.75, 3.05) is 0 Å². The topological polar surface area (TPSA) is 0 Å². The van der Waals surface area contributed by atoms with Gasteiger partial charge < -0.3 is 0 Å². The van der Waals surface area contributed by atoms with Gasteiger partial charge in [0, 0.05) is 15.0 Å². The normalized spacial score (nSPS) is 11.4. The molecule has 0 fully saturated rings. The molecular formula is C21H20S. The van der Waals surface area contributed by atoms with Gasteiger partial charge in [-0.25, -0.2) is 0 Å². The lowest BCUT2D eigenvalue weighted by molar-refractivity contribution is 1.44. The smallest absolute Gasteiger partial charge is 0.0390 e. The first-order valence-electron chi connectivity index (χ1n) is 7.54. The van der Waals surface area contributed by atoms with E-state index in [1.807, 2.05) is 17.4 Å². The predicted molar refractivity (Wildman–Crippen MR) is 102 cm³/mol. The van der Waals surface area contributed by atoms with E-state index in [9.17, 15) is 0 Å². The summed E-state index contributed by atoms with van der Waals surface area (Å²) in [5.41, 5.74) is 6.57. The standard InChI is InChI=1S/C21H20S/c1-5-9-20-16(6-2)19-13-12-18(15(4)21(19)22-20)17-11-8-7-10-14(17)3/h5-13H,2H2,1,3-4H3/b9-5-. The first kappa shape index (κ1) is 14.8. The molecule has 2 aromatic carbocycles. The number of hydrogen-bond donors (Lipinski definition) is 0. The highest BCUT2D eigenvalue weighted by Gasteiger charge is 2.13. The zero-order valence-corrected chi connectivity index (χ0v) is 14.1. The molecule has 110 valence electrons. The molecule has 0 aliphatic rings. The fourth-order valence-electron chi connectivity index (χ4n) is 2.99. The Balaban J connectivity index is 2.31. The highest BCUT2D eigenvalue weighted by Crippen LogP contribution is 2.39. The predicted octanol–water partition coefficient (Wildman–Crippen LogP) is 6.86. The summed E-state index contributed by atoms with van der Waals surface area (Å²) in [6.45, 7) is 10.5. The second kappa shape index (κ2) is 5.94. The van der Waals surface area contributed by atoms with Crippen molar-refractivity contribution >= 4 is 33.6 Å². The third-order valence-electron chi connectivity index (χ3n) is 4.13. The first-order valence-corrected chi connectivity index (χ1v) is 8.36. The molecule has 0 aliphatic carbocycles. The number of rotatable bonds is 3. The lowest BCUT2D eigenvalue weighted by Gasteiger charge is -2.10. The maximum atomic E-state index is 3.99. The van der Waals surface area contributed by atoms with Gasteiger partial charge in [0.05, 0.1) is 0 Å². The molecule has 3 rings (SSSR count). The van der Waals surface area contributed by atoms with E-state index in [-0.39, 0.29) is 0 Å². The van der Waals surface area contributed by atoms with Gasteiger partial charge in [-0.3, -0.25) is 0 Å². The molecule has 0 saturated heterocycles. The van der Waals surface area contributed by atoms with Crippen LogP contribution in [0.5, 0.6) is 0 Å². The van der Waals surface area contributed by atoms with E-state index in [2.05, 4.69) is 75.9 Å². The second-order valence-electron chi connectivity index (χ2n) is 5.51. The van der Waals surface area contributed by atoms with Crippen molar-refractivity contribution in [3.8, 4) is 11.1 Å². The van der Waals surface area contributed by atoms with Gasteiger partial charge in [0.15, 0.2) is 0 Å². The summed E-state index contributed by atoms with van der Waals surface area (Å²) < 4.78 is 1.36. The minimum absolute atomic E-state index is 1.25. The van der Waals surface area contributed by atoms with Crippen LogP contribution in [0.1, 0.15) is 28.5 Å². The summed E-state index contributed by atoms with van der Waals surface area (Å²) in [6.07, 6.45) is 6.24. The van der Waals surface area contributed by atoms with E-state index in [1.165, 1.54) is 42.8 Å². The Morgan fingerprint density at radius 3 is 2.45 bits per heavy atom. The van der Waals surface area contributed by atoms with Crippen molar-refractivity contribution in [2.24, 2.45) is 0 Å². The van der Waals surface area contributed by atoms with Gasteiger partial charge in [0.2, 0.25) is 0 Å². The van der Waals surface area contributed by atoms with Crippen LogP contribution in [-0.2, 0) is 0 Å². The maximum Gasteiger partial charge on any atom is 0.0390 e. The van der Waals surface area contributed by atoms with Crippen molar-refractivity contribution in [1.82, 2.24) is 0 Å². The Kier molecular flexibility index (Phi) is 4.00. The quantitative estimate of drug-likeness (QED) is 0.495. The summed E-state index contributed by atoms with van der Waals surface area (Å²) >= 11 is 1.86. The SMILES string of the molecule is C=Cc1c(/C=C\C)sc2c(C)c(-c3ccccc3C)ccc12. The van der Waals surface area contributed by atoms with Crippen LogP contribution in [0.15, 0.2) is 49.1 Å². The Morgan fingerprint density at radius 2 is 1.77 bits per heavy atom. The lowest BCUT2D eigenvalue weighted by atomic mass is 9.95. The largest absolute Gasteiger partial charge is 0.135 e. The van der Waals surface area contributed by atoms with Crippen molar-refractivity contribution in [2.45, 2.75) is 20.8 Å². The molecule has 1 heteroatoms. The molecule has 0 nitrogen and oxygen atoms in total. The summed E-state index contributed by atoms with van der Waals surface area (Å²) in [4.78, 5) is 1.29. The fraction of sp³-hybridized carbons (Fsp3) is 0.143. The molecule has 3 aromatic rings. The average molecular weight is 304 g/mol. The Morgan fingerprint density at radius 1 is 1.00 bits per heavy atom. The molecule has 0 aliphatic heterocycles. The zero-order chi connectivity index (χ0) is 15.7. The van der Waals surface area contributed by atoms with Gasteiger partial charge in [0.1, 0.15) is 0 Å². The molecular weight excluding hydrogens is 284 g/mol. The van der Waals surface area contributed by atoms with Crippen LogP contribution >= 0.6 is 11.3 Å². The van der Waals surface area contributed by atoms with E-state index < -0.39 is 0 Å². The Labute approximate surface area is 136 Å². The van der Waals surface area contributed by atoms with Gasteiger partial charge in [-0.1, -0.05) is 55.1 Å². The van der Waals surface area contributed by atoms with Crippen LogP contribution in [0.4, 0.5) is 0 Å². The monoisotopic (exact) mass is 304 g/mol. The van der Waals surface area contributed by atoms with Gasteiger partial charge in [-0.2, -0.15) is 0 Å². The molecule has 0 saturated carbocycles. The molecule has 1 heterocycles. The summed E-state index contributed by atoms with van der Waals surface area (Å²) in [5, 5.41) is 1.31. The van der Waals surface area contributed by atoms with Gasteiger partial charge in [-0.05, 0) is 54.7 Å². The van der Waals surface area contributed by atoms with Crippen molar-refractivity contribution in [3.63, 3.8) is 0 Å². The zero-order valence-electron chi connectivity index (χ0n) is 13.3. The van der Waals surface area contributed by atoms with E-state index in [0.717, 1.165) is 0 Å². The third kappa shape index (κ3) is 2.32. The van der Waals surface area contributed by atoms with E-state index >= 15 is 0 Å². The third-order valence-corrected chi connectivity index (χ3v) is 5.44. The lowest BCUT2D eigenvalue weighted by Crippen LogP contribution is -1.87. The summed E-state index contributed by atoms with van der Waals surface area (Å²) in [5.74, 6) is 0. The Hall–Kier alpha value is -2.12. The van der Waals surface area contributed by atoms with Crippen LogP contribution in [0, 0.1) is 13.8 Å². The molecule has 0 radical (unpaired) electrons. The van der Waals surface area contributed by atoms with Crippen LogP contribution in [0.25, 0.3) is 33.4 Å². The van der Waals surface area contributed by atoms with Gasteiger partial charge in [0.25, 0.3) is 0 Å². The number of benzene rings is 2. The van der Waals surface area contributed by atoms with E-state index in [0.29, 0.717) is 0 Å². The number of aryl methyl sites for hydroxylation is 2. The molecule has 0 spiro atoms. The molecule has 1 aromatic heterocycles. The minimum Gasteiger partial charge on any atom is -0.135 e. The van der Waals surface area contributed by atoms with Gasteiger partial charge >= 0.3 is 0 Å². The van der Waals surface area contributed by atoms with Crippen LogP contribution in [0.2, 0.25) is 0 Å². The van der Waals surface area contributed by atoms with E-state index in [1.54, 1.807) is 0 Å². The number of thiophene rings is 1. The van der Waals surface area contributed by atoms with E-state index in [4.69, 9.17) is 0 Å². The molecule has 22 heavy (non-hydrogen) atoms. The van der Waals surface area contributed by atoms with Crippen LogP contribution < -0.4 is 0 Å². The highest BCUT2D eigenvalue weighted by atomic mass is 32.1. The number of fused-ring (bicyclic) bond motifs is 1. The van der Waals surface area contributed by atoms with Crippen molar-refractivity contribution in [1.29, 1.82) is 0 Å². The summed E-state index contributed by atoms with van der Waals surface area (Å²) in [6, 6.07) is 13.1. The second-order valence-corrected chi connectivity index (χ2v) is 6.57. The molecule has 0 unspecified atom stereocenters. The number of hydrogen-bond acceptors (Lipinski definition) is 1. The minimum atomic E-state index is 1.25. The average Bonchev–Trinajstić information content (AvgIpc) is 2.87. The van der Waals surface area contributed by atoms with Crippen molar-refractivity contribution < 1.29 is 0 Å². The van der Waals surface area contributed by atoms with Crippen molar-refractivity contribution in [3.05, 3.63) is 70.6 Å². The maximum absolute atomic E-state index is 3.99. The number of allylic oxidation sites excluding steroid dienone is 1. The highest BCUT2D eigenvalue weighted by molar-refractivity contribution is 7.20. The van der Waals surface area contributed by atoms with Crippen LogP contribution in [0.3, 0.4) is 0 Å². The summed E-state index contributed by atoms with van der Waals surface area (Å²) in [7, 11) is 0. The first-order chi connectivity index (χ1) is 10.7. The molecule has 0 amide bonds. The fourth-order valence-corrected chi connectivity index (χ4v) is 4.26. The molecule has 0 N–H and O–H groups in total. The Bertz CT molecular complexity index is 878. The molecule has 0 atom stereocenters. The van der Waals surface area contributed by atoms with Crippen LogP contribution in [-0.4, -0.2) is 0 Å².